The summed E-state index contributed by atoms with van der Waals surface area (Å²) in [5.41, 5.74) is -0.320. The van der Waals surface area contributed by atoms with E-state index in [0.29, 0.717) is 31.0 Å². The van der Waals surface area contributed by atoms with Crippen molar-refractivity contribution in [1.29, 1.82) is 0 Å². The van der Waals surface area contributed by atoms with E-state index in [-0.39, 0.29) is 23.4 Å². The molecule has 0 radical (unpaired) electrons. The van der Waals surface area contributed by atoms with Crippen molar-refractivity contribution < 1.29 is 14.1 Å². The molecule has 25 heavy (non-hydrogen) atoms. The maximum absolute atomic E-state index is 12.9. The van der Waals surface area contributed by atoms with Gasteiger partial charge in [0, 0.05) is 32.2 Å². The maximum atomic E-state index is 12.9. The van der Waals surface area contributed by atoms with Gasteiger partial charge in [0.2, 0.25) is 17.7 Å². The number of carbonyl (C=O) groups excluding carboxylic acids is 2. The molecule has 2 aliphatic heterocycles. The smallest absolute Gasteiger partial charge is 0.227 e. The van der Waals surface area contributed by atoms with Crippen LogP contribution in [0.1, 0.15) is 70.5 Å². The number of aromatic nitrogens is 2. The van der Waals surface area contributed by atoms with E-state index in [1.54, 1.807) is 0 Å². The van der Waals surface area contributed by atoms with Gasteiger partial charge in [0.05, 0.1) is 11.6 Å². The fourth-order valence-corrected chi connectivity index (χ4v) is 4.09. The zero-order chi connectivity index (χ0) is 17.9. The second kappa shape index (κ2) is 7.54. The number of aryl methyl sites for hydroxylation is 2. The summed E-state index contributed by atoms with van der Waals surface area (Å²) in [4.78, 5) is 31.2. The predicted octanol–water partition coefficient (Wildman–Crippen LogP) is 2.00. The number of hydrogen-bond acceptors (Lipinski definition) is 5. The summed E-state index contributed by atoms with van der Waals surface area (Å²) in [5, 5.41) is 7.07. The van der Waals surface area contributed by atoms with E-state index in [9.17, 15) is 9.59 Å². The minimum absolute atomic E-state index is 0.0721. The van der Waals surface area contributed by atoms with Crippen LogP contribution in [-0.4, -0.2) is 45.0 Å². The molecule has 3 heterocycles. The molecule has 2 aliphatic rings. The Hall–Kier alpha value is -1.92. The summed E-state index contributed by atoms with van der Waals surface area (Å²) >= 11 is 0. The summed E-state index contributed by atoms with van der Waals surface area (Å²) in [6.07, 6.45) is 6.76. The minimum Gasteiger partial charge on any atom is -0.349 e. The molecule has 2 amide bonds. The normalized spacial score (nSPS) is 27.2. The second-order valence-corrected chi connectivity index (χ2v) is 7.38. The molecule has 3 rings (SSSR count). The number of carbonyl (C=O) groups is 2. The Morgan fingerprint density at radius 1 is 1.40 bits per heavy atom. The Morgan fingerprint density at radius 2 is 2.24 bits per heavy atom. The third kappa shape index (κ3) is 4.02. The number of hydrogen-bond donors (Lipinski definition) is 1. The first-order chi connectivity index (χ1) is 12.0. The summed E-state index contributed by atoms with van der Waals surface area (Å²) < 4.78 is 5.19. The van der Waals surface area contributed by atoms with Crippen molar-refractivity contribution in [2.75, 3.05) is 6.54 Å². The molecule has 7 nitrogen and oxygen atoms in total. The van der Waals surface area contributed by atoms with Crippen molar-refractivity contribution >= 4 is 11.8 Å². The summed E-state index contributed by atoms with van der Waals surface area (Å²) in [5.74, 6) is 1.43. The van der Waals surface area contributed by atoms with Gasteiger partial charge in [-0.15, -0.1) is 0 Å². The van der Waals surface area contributed by atoms with E-state index in [1.165, 1.54) is 0 Å². The van der Waals surface area contributed by atoms with Crippen molar-refractivity contribution in [1.82, 2.24) is 20.4 Å². The first-order valence-electron chi connectivity index (χ1n) is 9.44. The van der Waals surface area contributed by atoms with E-state index in [2.05, 4.69) is 22.4 Å². The number of fused-ring (bicyclic) bond motifs is 1. The molecule has 1 aromatic heterocycles. The maximum Gasteiger partial charge on any atom is 0.227 e. The van der Waals surface area contributed by atoms with Crippen molar-refractivity contribution in [2.45, 2.75) is 83.2 Å². The Bertz CT molecular complexity index is 630. The number of nitrogens with zero attached hydrogens (tertiary/aromatic N) is 3. The van der Waals surface area contributed by atoms with E-state index < -0.39 is 0 Å². The molecule has 1 N–H and O–H groups in total. The van der Waals surface area contributed by atoms with E-state index in [4.69, 9.17) is 4.52 Å². The molecule has 2 fully saturated rings. The lowest BCUT2D eigenvalue weighted by Gasteiger charge is -2.41. The third-order valence-electron chi connectivity index (χ3n) is 5.46. The first kappa shape index (κ1) is 17.9. The quantitative estimate of drug-likeness (QED) is 0.899. The molecule has 0 saturated carbocycles. The fraction of sp³-hybridized carbons (Fsp3) is 0.778. The van der Waals surface area contributed by atoms with Crippen LogP contribution in [0.25, 0.3) is 0 Å². The molecule has 2 atom stereocenters. The van der Waals surface area contributed by atoms with Gasteiger partial charge in [0.1, 0.15) is 0 Å². The molecule has 0 spiro atoms. The van der Waals surface area contributed by atoms with Gasteiger partial charge >= 0.3 is 0 Å². The van der Waals surface area contributed by atoms with E-state index in [0.717, 1.165) is 45.1 Å². The Kier molecular flexibility index (Phi) is 5.39. The van der Waals surface area contributed by atoms with Crippen LogP contribution in [0.15, 0.2) is 4.52 Å². The van der Waals surface area contributed by atoms with Gasteiger partial charge in [-0.25, -0.2) is 0 Å². The second-order valence-electron chi connectivity index (χ2n) is 7.38. The highest BCUT2D eigenvalue weighted by atomic mass is 16.5. The standard InChI is InChI=1S/C18H28N4O3/c1-3-14-19-16(25-21-14)9-10-17(24)22-12-5-4-11-18(2)13(22)7-6-8-15(23)20-18/h13H,3-12H2,1-2H3,(H,20,23)/t13-,18-/m0/s1. The highest BCUT2D eigenvalue weighted by molar-refractivity contribution is 5.79. The average Bonchev–Trinajstić information content (AvgIpc) is 2.92. The Labute approximate surface area is 148 Å². The van der Waals surface area contributed by atoms with Gasteiger partial charge in [-0.1, -0.05) is 12.1 Å². The van der Waals surface area contributed by atoms with Gasteiger partial charge < -0.3 is 14.7 Å². The van der Waals surface area contributed by atoms with Crippen LogP contribution in [0.2, 0.25) is 0 Å². The first-order valence-corrected chi connectivity index (χ1v) is 9.44. The molecule has 2 saturated heterocycles. The molecule has 0 bridgehead atoms. The minimum atomic E-state index is -0.320. The fourth-order valence-electron chi connectivity index (χ4n) is 4.09. The van der Waals surface area contributed by atoms with Crippen LogP contribution in [0.3, 0.4) is 0 Å². The van der Waals surface area contributed by atoms with Crippen molar-refractivity contribution in [3.63, 3.8) is 0 Å². The van der Waals surface area contributed by atoms with Crippen molar-refractivity contribution in [3.05, 3.63) is 11.7 Å². The molecular weight excluding hydrogens is 320 g/mol. The van der Waals surface area contributed by atoms with Crippen LogP contribution >= 0.6 is 0 Å². The SMILES string of the molecule is CCc1noc(CCC(=O)N2CCCC[C@]3(C)NC(=O)CCC[C@H]23)n1. The third-order valence-corrected chi connectivity index (χ3v) is 5.46. The zero-order valence-electron chi connectivity index (χ0n) is 15.2. The van der Waals surface area contributed by atoms with E-state index >= 15 is 0 Å². The highest BCUT2D eigenvalue weighted by Crippen LogP contribution is 2.32. The van der Waals surface area contributed by atoms with Gasteiger partial charge in [-0.05, 0) is 39.0 Å². The highest BCUT2D eigenvalue weighted by Gasteiger charge is 2.43. The number of rotatable bonds is 4. The number of nitrogens with one attached hydrogen (secondary N) is 1. The lowest BCUT2D eigenvalue weighted by atomic mass is 9.85. The molecule has 0 aromatic carbocycles. The van der Waals surface area contributed by atoms with Gasteiger partial charge in [0.15, 0.2) is 5.82 Å². The topological polar surface area (TPSA) is 88.3 Å². The average molecular weight is 348 g/mol. The Balaban J connectivity index is 1.69. The van der Waals surface area contributed by atoms with Gasteiger partial charge in [0.25, 0.3) is 0 Å². The van der Waals surface area contributed by atoms with Crippen LogP contribution in [0.5, 0.6) is 0 Å². The van der Waals surface area contributed by atoms with Crippen molar-refractivity contribution in [2.24, 2.45) is 0 Å². The van der Waals surface area contributed by atoms with Crippen LogP contribution in [-0.2, 0) is 22.4 Å². The van der Waals surface area contributed by atoms with Crippen LogP contribution in [0.4, 0.5) is 0 Å². The van der Waals surface area contributed by atoms with Gasteiger partial charge in [-0.3, -0.25) is 9.59 Å². The Morgan fingerprint density at radius 3 is 3.00 bits per heavy atom. The molecule has 138 valence electrons. The summed E-state index contributed by atoms with van der Waals surface area (Å²) in [6.45, 7) is 4.83. The lowest BCUT2D eigenvalue weighted by molar-refractivity contribution is -0.136. The van der Waals surface area contributed by atoms with Crippen molar-refractivity contribution in [3.8, 4) is 0 Å². The molecule has 1 aromatic rings. The predicted molar refractivity (Wildman–Crippen MR) is 91.7 cm³/mol. The van der Waals surface area contributed by atoms with Crippen LogP contribution < -0.4 is 5.32 Å². The lowest BCUT2D eigenvalue weighted by Crippen LogP contribution is -2.59. The van der Waals surface area contributed by atoms with Crippen LogP contribution in [0, 0.1) is 0 Å². The monoisotopic (exact) mass is 348 g/mol. The number of likely N-dealkylation sites (tertiary alicyclic amines) is 1. The van der Waals surface area contributed by atoms with Gasteiger partial charge in [-0.2, -0.15) is 4.98 Å². The largest absolute Gasteiger partial charge is 0.349 e. The molecule has 0 unspecified atom stereocenters. The molecular formula is C18H28N4O3. The molecule has 7 heteroatoms. The summed E-state index contributed by atoms with van der Waals surface area (Å²) in [7, 11) is 0. The zero-order valence-corrected chi connectivity index (χ0v) is 15.2. The summed E-state index contributed by atoms with van der Waals surface area (Å²) in [6, 6.07) is 0.0721. The van der Waals surface area contributed by atoms with E-state index in [1.807, 2.05) is 11.8 Å². The number of amides is 2. The molecule has 0 aliphatic carbocycles.